The second kappa shape index (κ2) is 5.49. The lowest BCUT2D eigenvalue weighted by molar-refractivity contribution is 0.154. The molecule has 5 heteroatoms. The molecular formula is C20H20FN3O. The van der Waals surface area contributed by atoms with Crippen molar-refractivity contribution in [3.05, 3.63) is 47.9 Å². The standard InChI is InChI=1S/C20H20FN3O/c21-15-5-6-17-19-14(10-23-17)13(16-4-1-7-22-16)9-18(20(15)19)24-8-2-3-12(25)11-24/h1,4-7,9,12,22-23,25H,2-3,8,10-11H2. The number of aliphatic hydroxyl groups is 1. The van der Waals surface area contributed by atoms with E-state index in [1.54, 1.807) is 0 Å². The van der Waals surface area contributed by atoms with Crippen molar-refractivity contribution in [3.63, 3.8) is 0 Å². The van der Waals surface area contributed by atoms with Gasteiger partial charge in [0.15, 0.2) is 0 Å². The minimum atomic E-state index is -0.355. The lowest BCUT2D eigenvalue weighted by atomic mass is 9.94. The Morgan fingerprint density at radius 3 is 2.92 bits per heavy atom. The summed E-state index contributed by atoms with van der Waals surface area (Å²) in [5.74, 6) is -0.197. The minimum Gasteiger partial charge on any atom is -0.391 e. The van der Waals surface area contributed by atoms with Gasteiger partial charge in [0.1, 0.15) is 5.82 Å². The average Bonchev–Trinajstić information content (AvgIpc) is 3.28. The smallest absolute Gasteiger partial charge is 0.133 e. The highest BCUT2D eigenvalue weighted by molar-refractivity contribution is 6.09. The van der Waals surface area contributed by atoms with Crippen LogP contribution < -0.4 is 10.2 Å². The highest BCUT2D eigenvalue weighted by Gasteiger charge is 2.27. The number of hydrogen-bond acceptors (Lipinski definition) is 3. The molecule has 0 saturated carbocycles. The summed E-state index contributed by atoms with van der Waals surface area (Å²) in [5.41, 5.74) is 5.14. The fraction of sp³-hybridized carbons (Fsp3) is 0.300. The molecular weight excluding hydrogens is 317 g/mol. The second-order valence-corrected chi connectivity index (χ2v) is 6.95. The Kier molecular flexibility index (Phi) is 3.25. The Balaban J connectivity index is 1.81. The van der Waals surface area contributed by atoms with Crippen LogP contribution in [0.1, 0.15) is 18.4 Å². The first-order chi connectivity index (χ1) is 12.2. The Hall–Kier alpha value is -2.53. The summed E-state index contributed by atoms with van der Waals surface area (Å²) in [6, 6.07) is 9.47. The van der Waals surface area contributed by atoms with Gasteiger partial charge in [-0.1, -0.05) is 0 Å². The van der Waals surface area contributed by atoms with Gasteiger partial charge in [-0.15, -0.1) is 0 Å². The van der Waals surface area contributed by atoms with E-state index >= 15 is 0 Å². The van der Waals surface area contributed by atoms with Crippen LogP contribution >= 0.6 is 0 Å². The third-order valence-electron chi connectivity index (χ3n) is 5.40. The number of benzene rings is 2. The van der Waals surface area contributed by atoms with Gasteiger partial charge in [-0.25, -0.2) is 4.39 Å². The van der Waals surface area contributed by atoms with E-state index in [1.807, 2.05) is 24.4 Å². The Morgan fingerprint density at radius 1 is 1.20 bits per heavy atom. The van der Waals surface area contributed by atoms with Crippen molar-refractivity contribution in [2.45, 2.75) is 25.5 Å². The summed E-state index contributed by atoms with van der Waals surface area (Å²) in [5, 5.41) is 15.1. The van der Waals surface area contributed by atoms with Crippen LogP contribution in [0.2, 0.25) is 0 Å². The van der Waals surface area contributed by atoms with Crippen LogP contribution in [0.15, 0.2) is 36.5 Å². The van der Waals surface area contributed by atoms with Crippen molar-refractivity contribution >= 4 is 22.1 Å². The van der Waals surface area contributed by atoms with Gasteiger partial charge >= 0.3 is 0 Å². The summed E-state index contributed by atoms with van der Waals surface area (Å²) in [4.78, 5) is 5.41. The van der Waals surface area contributed by atoms with Crippen molar-refractivity contribution in [1.29, 1.82) is 0 Å². The highest BCUT2D eigenvalue weighted by Crippen LogP contribution is 2.45. The van der Waals surface area contributed by atoms with Crippen LogP contribution in [0.25, 0.3) is 22.0 Å². The first kappa shape index (κ1) is 14.8. The number of rotatable bonds is 2. The molecule has 1 fully saturated rings. The van der Waals surface area contributed by atoms with Crippen molar-refractivity contribution in [1.82, 2.24) is 4.98 Å². The highest BCUT2D eigenvalue weighted by atomic mass is 19.1. The van der Waals surface area contributed by atoms with Crippen molar-refractivity contribution in [2.75, 3.05) is 23.3 Å². The van der Waals surface area contributed by atoms with Crippen LogP contribution in [-0.2, 0) is 6.54 Å². The van der Waals surface area contributed by atoms with Gasteiger partial charge in [-0.05, 0) is 48.7 Å². The first-order valence-electron chi connectivity index (χ1n) is 8.81. The predicted octanol–water partition coefficient (Wildman–Crippen LogP) is 3.86. The number of aromatic nitrogens is 1. The van der Waals surface area contributed by atoms with E-state index in [9.17, 15) is 9.50 Å². The number of piperidine rings is 1. The molecule has 25 heavy (non-hydrogen) atoms. The van der Waals surface area contributed by atoms with Gasteiger partial charge in [0.05, 0.1) is 6.10 Å². The van der Waals surface area contributed by atoms with Crippen molar-refractivity contribution < 1.29 is 9.50 Å². The number of β-amino-alcohol motifs (C(OH)–C–C–N with tert-alkyl or cyclic N) is 1. The predicted molar refractivity (Wildman–Crippen MR) is 98.5 cm³/mol. The molecule has 128 valence electrons. The number of H-pyrrole nitrogens is 1. The third-order valence-corrected chi connectivity index (χ3v) is 5.40. The molecule has 0 amide bonds. The quantitative estimate of drug-likeness (QED) is 0.665. The van der Waals surface area contributed by atoms with Gasteiger partial charge < -0.3 is 20.3 Å². The summed E-state index contributed by atoms with van der Waals surface area (Å²) < 4.78 is 14.8. The third kappa shape index (κ3) is 2.23. The van der Waals surface area contributed by atoms with Crippen LogP contribution in [-0.4, -0.2) is 29.3 Å². The van der Waals surface area contributed by atoms with Crippen molar-refractivity contribution in [3.8, 4) is 11.3 Å². The lowest BCUT2D eigenvalue weighted by Gasteiger charge is -2.33. The molecule has 2 aliphatic rings. The van der Waals surface area contributed by atoms with Crippen LogP contribution in [0.3, 0.4) is 0 Å². The number of nitrogens with zero attached hydrogens (tertiary/aromatic N) is 1. The van der Waals surface area contributed by atoms with Crippen molar-refractivity contribution in [2.24, 2.45) is 0 Å². The molecule has 0 aliphatic carbocycles. The van der Waals surface area contributed by atoms with Crippen LogP contribution in [0, 0.1) is 5.82 Å². The maximum absolute atomic E-state index is 14.8. The number of aromatic amines is 1. The number of halogens is 1. The zero-order valence-corrected chi connectivity index (χ0v) is 13.8. The zero-order valence-electron chi connectivity index (χ0n) is 13.8. The maximum Gasteiger partial charge on any atom is 0.133 e. The van der Waals surface area contributed by atoms with Gasteiger partial charge in [0, 0.05) is 59.2 Å². The summed E-state index contributed by atoms with van der Waals surface area (Å²) in [7, 11) is 0. The molecule has 3 N–H and O–H groups in total. The van der Waals surface area contributed by atoms with E-state index in [0.29, 0.717) is 18.5 Å². The Labute approximate surface area is 145 Å². The van der Waals surface area contributed by atoms with Gasteiger partial charge in [0.2, 0.25) is 0 Å². The molecule has 5 rings (SSSR count). The SMILES string of the molecule is OC1CCCN(c2cc(-c3ccc[nH]3)c3c4c(ccc(F)c24)NC3)C1. The molecule has 1 saturated heterocycles. The average molecular weight is 337 g/mol. The molecule has 0 bridgehead atoms. The fourth-order valence-corrected chi connectivity index (χ4v) is 4.25. The van der Waals surface area contributed by atoms with Crippen LogP contribution in [0.5, 0.6) is 0 Å². The molecule has 1 unspecified atom stereocenters. The molecule has 2 aromatic carbocycles. The number of nitrogens with one attached hydrogen (secondary N) is 2. The second-order valence-electron chi connectivity index (χ2n) is 6.95. The molecule has 1 aromatic heterocycles. The molecule has 1 atom stereocenters. The molecule has 0 radical (unpaired) electrons. The number of anilines is 2. The fourth-order valence-electron chi connectivity index (χ4n) is 4.25. The number of hydrogen-bond donors (Lipinski definition) is 3. The molecule has 4 nitrogen and oxygen atoms in total. The van der Waals surface area contributed by atoms with Gasteiger partial charge in [-0.2, -0.15) is 0 Å². The van der Waals surface area contributed by atoms with Gasteiger partial charge in [0.25, 0.3) is 0 Å². The van der Waals surface area contributed by atoms with E-state index in [2.05, 4.69) is 21.3 Å². The molecule has 2 aliphatic heterocycles. The van der Waals surface area contributed by atoms with Gasteiger partial charge in [-0.3, -0.25) is 0 Å². The monoisotopic (exact) mass is 337 g/mol. The minimum absolute atomic E-state index is 0.197. The molecule has 3 aromatic rings. The van der Waals surface area contributed by atoms with E-state index in [0.717, 1.165) is 53.0 Å². The Bertz CT molecular complexity index is 951. The van der Waals surface area contributed by atoms with E-state index in [4.69, 9.17) is 0 Å². The summed E-state index contributed by atoms with van der Waals surface area (Å²) in [6.45, 7) is 2.09. The Morgan fingerprint density at radius 2 is 2.12 bits per heavy atom. The molecule has 0 spiro atoms. The van der Waals surface area contributed by atoms with E-state index in [-0.39, 0.29) is 11.9 Å². The topological polar surface area (TPSA) is 51.3 Å². The lowest BCUT2D eigenvalue weighted by Crippen LogP contribution is -2.38. The maximum atomic E-state index is 14.8. The summed E-state index contributed by atoms with van der Waals surface area (Å²) in [6.07, 6.45) is 3.28. The largest absolute Gasteiger partial charge is 0.391 e. The first-order valence-corrected chi connectivity index (χ1v) is 8.81. The normalized spacial score (nSPS) is 19.4. The van der Waals surface area contributed by atoms with Crippen LogP contribution in [0.4, 0.5) is 15.8 Å². The number of aliphatic hydroxyl groups excluding tert-OH is 1. The zero-order chi connectivity index (χ0) is 17.0. The molecule has 3 heterocycles. The summed E-state index contributed by atoms with van der Waals surface area (Å²) >= 11 is 0. The van der Waals surface area contributed by atoms with E-state index < -0.39 is 0 Å². The van der Waals surface area contributed by atoms with E-state index in [1.165, 1.54) is 6.07 Å².